The molecule has 0 spiro atoms. The fraction of sp³-hybridized carbons (Fsp3) is 0.476. The highest BCUT2D eigenvalue weighted by Gasteiger charge is 2.30. The van der Waals surface area contributed by atoms with Gasteiger partial charge in [-0.1, -0.05) is 17.3 Å². The fourth-order valence-electron chi connectivity index (χ4n) is 4.25. The Hall–Kier alpha value is -2.52. The van der Waals surface area contributed by atoms with Gasteiger partial charge in [-0.25, -0.2) is 17.8 Å². The van der Waals surface area contributed by atoms with Gasteiger partial charge in [0.05, 0.1) is 11.7 Å². The van der Waals surface area contributed by atoms with Crippen molar-refractivity contribution >= 4 is 21.0 Å². The Bertz CT molecular complexity index is 1220. The topological polar surface area (TPSA) is 107 Å². The number of nitrogens with one attached hydrogen (secondary N) is 1. The van der Waals surface area contributed by atoms with Gasteiger partial charge in [0.15, 0.2) is 5.58 Å². The number of nitrogens with zero attached hydrogens (tertiary/aromatic N) is 3. The minimum Gasteiger partial charge on any atom is -0.356 e. The second-order valence-corrected chi connectivity index (χ2v) is 10.1. The summed E-state index contributed by atoms with van der Waals surface area (Å²) in [5.41, 5.74) is 1.91. The number of para-hydroxylation sites is 1. The van der Waals surface area contributed by atoms with Gasteiger partial charge >= 0.3 is 0 Å². The Morgan fingerprint density at radius 3 is 2.57 bits per heavy atom. The normalized spacial score (nSPS) is 22.4. The third-order valence-electron chi connectivity index (χ3n) is 6.01. The van der Waals surface area contributed by atoms with E-state index in [0.29, 0.717) is 35.4 Å². The molecule has 30 heavy (non-hydrogen) atoms. The second-order valence-electron chi connectivity index (χ2n) is 8.32. The Morgan fingerprint density at radius 1 is 1.03 bits per heavy atom. The number of sulfonamides is 1. The summed E-state index contributed by atoms with van der Waals surface area (Å²) in [6.45, 7) is 0. The molecule has 0 atom stereocenters. The smallest absolute Gasteiger partial charge is 0.267 e. The lowest BCUT2D eigenvalue weighted by atomic mass is 9.92. The van der Waals surface area contributed by atoms with Gasteiger partial charge < -0.3 is 4.52 Å². The van der Waals surface area contributed by atoms with Gasteiger partial charge in [0, 0.05) is 23.4 Å². The molecular formula is C21H24N4O4S. The summed E-state index contributed by atoms with van der Waals surface area (Å²) in [4.78, 5) is 12.3. The van der Waals surface area contributed by atoms with E-state index in [-0.39, 0.29) is 23.4 Å². The highest BCUT2D eigenvalue weighted by Crippen LogP contribution is 2.38. The largest absolute Gasteiger partial charge is 0.356 e. The van der Waals surface area contributed by atoms with Crippen LogP contribution in [0.2, 0.25) is 0 Å². The maximum atomic E-state index is 12.7. The van der Waals surface area contributed by atoms with Crippen LogP contribution in [0, 0.1) is 0 Å². The molecule has 2 saturated carbocycles. The molecule has 1 N–H and O–H groups in total. The number of benzene rings is 1. The molecule has 3 aromatic rings. The molecule has 0 saturated heterocycles. The highest BCUT2D eigenvalue weighted by molar-refractivity contribution is 7.88. The number of hydrogen-bond acceptors (Lipinski definition) is 6. The molecule has 2 aliphatic rings. The van der Waals surface area contributed by atoms with Gasteiger partial charge in [-0.05, 0) is 56.7 Å². The van der Waals surface area contributed by atoms with Crippen LogP contribution in [0.15, 0.2) is 45.7 Å². The first-order valence-electron chi connectivity index (χ1n) is 10.4. The van der Waals surface area contributed by atoms with Crippen LogP contribution in [-0.2, 0) is 15.8 Å². The van der Waals surface area contributed by atoms with Gasteiger partial charge in [-0.3, -0.25) is 4.79 Å². The maximum absolute atomic E-state index is 12.7. The molecule has 2 heterocycles. The molecular weight excluding hydrogens is 404 g/mol. The molecule has 1 aromatic carbocycles. The van der Waals surface area contributed by atoms with Crippen LogP contribution in [0.1, 0.15) is 61.9 Å². The second kappa shape index (κ2) is 7.63. The van der Waals surface area contributed by atoms with Crippen LogP contribution in [0.25, 0.3) is 11.0 Å². The third kappa shape index (κ3) is 4.04. The van der Waals surface area contributed by atoms with Crippen molar-refractivity contribution in [3.05, 3.63) is 58.1 Å². The summed E-state index contributed by atoms with van der Waals surface area (Å²) >= 11 is 0. The van der Waals surface area contributed by atoms with Gasteiger partial charge in [-0.2, -0.15) is 5.10 Å². The summed E-state index contributed by atoms with van der Waals surface area (Å²) in [6, 6.07) is 10.6. The zero-order chi connectivity index (χ0) is 20.7. The Labute approximate surface area is 174 Å². The van der Waals surface area contributed by atoms with E-state index in [0.717, 1.165) is 31.4 Å². The van der Waals surface area contributed by atoms with Crippen LogP contribution in [0.4, 0.5) is 0 Å². The summed E-state index contributed by atoms with van der Waals surface area (Å²) in [7, 11) is -3.55. The van der Waals surface area contributed by atoms with Crippen LogP contribution >= 0.6 is 0 Å². The van der Waals surface area contributed by atoms with E-state index in [2.05, 4.69) is 15.0 Å². The van der Waals surface area contributed by atoms with E-state index in [9.17, 15) is 13.2 Å². The minimum atomic E-state index is -3.55. The van der Waals surface area contributed by atoms with Crippen molar-refractivity contribution in [2.75, 3.05) is 0 Å². The lowest BCUT2D eigenvalue weighted by Gasteiger charge is -2.29. The van der Waals surface area contributed by atoms with Crippen LogP contribution in [0.5, 0.6) is 0 Å². The molecule has 0 aliphatic heterocycles. The molecule has 5 rings (SSSR count). The molecule has 2 aromatic heterocycles. The average molecular weight is 429 g/mol. The molecule has 0 unspecified atom stereocenters. The summed E-state index contributed by atoms with van der Waals surface area (Å²) in [5.74, 6) is 0.279. The van der Waals surface area contributed by atoms with Gasteiger partial charge in [-0.15, -0.1) is 0 Å². The van der Waals surface area contributed by atoms with E-state index in [1.54, 1.807) is 16.8 Å². The molecule has 9 heteroatoms. The van der Waals surface area contributed by atoms with Crippen molar-refractivity contribution in [2.24, 2.45) is 0 Å². The lowest BCUT2D eigenvalue weighted by molar-refractivity contribution is 0.284. The lowest BCUT2D eigenvalue weighted by Crippen LogP contribution is -2.40. The van der Waals surface area contributed by atoms with E-state index >= 15 is 0 Å². The average Bonchev–Trinajstić information content (AvgIpc) is 3.51. The molecule has 158 valence electrons. The van der Waals surface area contributed by atoms with Crippen LogP contribution in [0.3, 0.4) is 0 Å². The summed E-state index contributed by atoms with van der Waals surface area (Å²) < 4.78 is 35.0. The van der Waals surface area contributed by atoms with Gasteiger partial charge in [0.2, 0.25) is 10.0 Å². The van der Waals surface area contributed by atoms with E-state index in [1.165, 1.54) is 0 Å². The predicted octanol–water partition coefficient (Wildman–Crippen LogP) is 2.87. The number of fused-ring (bicyclic) bond motifs is 1. The van der Waals surface area contributed by atoms with Crippen molar-refractivity contribution < 1.29 is 12.9 Å². The fourth-order valence-corrected chi connectivity index (χ4v) is 5.65. The first-order valence-corrected chi connectivity index (χ1v) is 12.1. The van der Waals surface area contributed by atoms with Crippen LogP contribution in [-0.4, -0.2) is 29.4 Å². The van der Waals surface area contributed by atoms with E-state index in [1.807, 2.05) is 24.3 Å². The molecule has 2 aliphatic carbocycles. The highest BCUT2D eigenvalue weighted by atomic mass is 32.2. The first kappa shape index (κ1) is 19.4. The summed E-state index contributed by atoms with van der Waals surface area (Å²) in [6.07, 6.45) is 5.07. The number of aromatic nitrogens is 3. The van der Waals surface area contributed by atoms with Gasteiger partial charge in [0.1, 0.15) is 11.4 Å². The Morgan fingerprint density at radius 2 is 1.80 bits per heavy atom. The standard InChI is InChI=1S/C21H24N4O4S/c26-21-12-11-18(14-5-6-14)22-25(21)16-9-7-15(8-10-16)24-30(27,28)13-19-17-3-1-2-4-20(17)29-23-19/h1-4,11-12,14-16,24H,5-10,13H2. The zero-order valence-electron chi connectivity index (χ0n) is 16.5. The first-order chi connectivity index (χ1) is 14.5. The molecule has 0 bridgehead atoms. The number of rotatable bonds is 6. The van der Waals surface area contributed by atoms with Crippen molar-refractivity contribution in [3.63, 3.8) is 0 Å². The molecule has 8 nitrogen and oxygen atoms in total. The minimum absolute atomic E-state index is 0.0245. The monoisotopic (exact) mass is 428 g/mol. The molecule has 0 radical (unpaired) electrons. The van der Waals surface area contributed by atoms with Crippen molar-refractivity contribution in [1.82, 2.24) is 19.7 Å². The molecule has 0 amide bonds. The Balaban J connectivity index is 1.23. The Kier molecular flexibility index (Phi) is 4.94. The van der Waals surface area contributed by atoms with Crippen molar-refractivity contribution in [1.29, 1.82) is 0 Å². The summed E-state index contributed by atoms with van der Waals surface area (Å²) in [5, 5.41) is 9.22. The maximum Gasteiger partial charge on any atom is 0.267 e. The van der Waals surface area contributed by atoms with E-state index in [4.69, 9.17) is 4.52 Å². The van der Waals surface area contributed by atoms with E-state index < -0.39 is 10.0 Å². The SMILES string of the molecule is O=c1ccc(C2CC2)nn1C1CCC(NS(=O)(=O)Cc2noc3ccccc23)CC1. The number of hydrogen-bond donors (Lipinski definition) is 1. The quantitative estimate of drug-likeness (QED) is 0.647. The third-order valence-corrected chi connectivity index (χ3v) is 7.35. The molecule has 2 fully saturated rings. The van der Waals surface area contributed by atoms with Crippen molar-refractivity contribution in [3.8, 4) is 0 Å². The van der Waals surface area contributed by atoms with Crippen LogP contribution < -0.4 is 10.3 Å². The van der Waals surface area contributed by atoms with Crippen molar-refractivity contribution in [2.45, 2.75) is 62.3 Å². The zero-order valence-corrected chi connectivity index (χ0v) is 17.3. The van der Waals surface area contributed by atoms with Gasteiger partial charge in [0.25, 0.3) is 5.56 Å². The predicted molar refractivity (Wildman–Crippen MR) is 112 cm³/mol.